The quantitative estimate of drug-likeness (QED) is 0.925. The van der Waals surface area contributed by atoms with Crippen molar-refractivity contribution in [3.63, 3.8) is 0 Å². The van der Waals surface area contributed by atoms with Gasteiger partial charge in [-0.3, -0.25) is 14.6 Å². The Bertz CT molecular complexity index is 917. The minimum atomic E-state index is -0.806. The molecule has 120 valence electrons. The molecule has 2 aliphatic rings. The minimum absolute atomic E-state index is 0.0880. The number of ketones is 2. The van der Waals surface area contributed by atoms with Gasteiger partial charge in [0.25, 0.3) is 0 Å². The first-order chi connectivity index (χ1) is 11.5. The van der Waals surface area contributed by atoms with Crippen LogP contribution in [0.4, 0.5) is 0 Å². The lowest BCUT2D eigenvalue weighted by molar-refractivity contribution is -0.119. The topological polar surface area (TPSA) is 75.2 Å². The summed E-state index contributed by atoms with van der Waals surface area (Å²) in [5, 5.41) is 0. The third-order valence-corrected chi connectivity index (χ3v) is 4.51. The van der Waals surface area contributed by atoms with Crippen LogP contribution >= 0.6 is 0 Å². The first kappa shape index (κ1) is 14.8. The molecule has 24 heavy (non-hydrogen) atoms. The number of Topliss-reactive ketones (excluding diaryl/α,β-unsaturated/α-hetero) is 2. The first-order valence-electron chi connectivity index (χ1n) is 7.95. The highest BCUT2D eigenvalue weighted by Crippen LogP contribution is 2.35. The van der Waals surface area contributed by atoms with Gasteiger partial charge in [-0.05, 0) is 19.4 Å². The number of fused-ring (bicyclic) bond motifs is 2. The van der Waals surface area contributed by atoms with Crippen molar-refractivity contribution in [1.82, 2.24) is 9.97 Å². The van der Waals surface area contributed by atoms with Crippen molar-refractivity contribution in [2.24, 2.45) is 4.99 Å². The summed E-state index contributed by atoms with van der Waals surface area (Å²) in [4.78, 5) is 37.1. The molecule has 1 aliphatic heterocycles. The molecular weight excluding hydrogens is 302 g/mol. The average molecular weight is 319 g/mol. The Morgan fingerprint density at radius 1 is 1.17 bits per heavy atom. The number of nitrogens with zero attached hydrogens (tertiary/aromatic N) is 2. The van der Waals surface area contributed by atoms with E-state index in [1.807, 2.05) is 30.3 Å². The first-order valence-corrected chi connectivity index (χ1v) is 7.95. The summed E-state index contributed by atoms with van der Waals surface area (Å²) in [5.74, 6) is 0.542. The van der Waals surface area contributed by atoms with E-state index in [1.54, 1.807) is 20.1 Å². The SMILES string of the molecule is CC1(C)N=CC2=C(CC(=O)c3[nH]c(Cc4ccccc4)nc32)C1=O. The molecule has 0 radical (unpaired) electrons. The Balaban J connectivity index is 1.76. The van der Waals surface area contributed by atoms with E-state index in [-0.39, 0.29) is 18.0 Å². The molecule has 1 N–H and O–H groups in total. The van der Waals surface area contributed by atoms with E-state index in [2.05, 4.69) is 15.0 Å². The van der Waals surface area contributed by atoms with Crippen LogP contribution in [-0.2, 0) is 11.2 Å². The molecule has 1 aliphatic carbocycles. The molecule has 0 atom stereocenters. The van der Waals surface area contributed by atoms with Gasteiger partial charge in [0.2, 0.25) is 0 Å². The lowest BCUT2D eigenvalue weighted by atomic mass is 9.81. The van der Waals surface area contributed by atoms with E-state index in [0.717, 1.165) is 11.4 Å². The predicted octanol–water partition coefficient (Wildman–Crippen LogP) is 2.77. The van der Waals surface area contributed by atoms with Gasteiger partial charge in [0.05, 0.1) is 0 Å². The zero-order chi connectivity index (χ0) is 16.9. The molecule has 0 bridgehead atoms. The number of dihydropyridines is 1. The zero-order valence-electron chi connectivity index (χ0n) is 13.6. The standard InChI is InChI=1S/C19H17N3O2/c1-19(2)18(24)12-9-14(23)17-16(13(12)10-20-19)21-15(22-17)8-11-6-4-3-5-7-11/h3-7,10H,8-9H2,1-2H3,(H,21,22). The Kier molecular flexibility index (Phi) is 3.13. The van der Waals surface area contributed by atoms with E-state index in [4.69, 9.17) is 0 Å². The number of aromatic amines is 1. The van der Waals surface area contributed by atoms with Crippen LogP contribution in [0.3, 0.4) is 0 Å². The summed E-state index contributed by atoms with van der Waals surface area (Å²) in [6.07, 6.45) is 2.42. The monoisotopic (exact) mass is 319 g/mol. The number of imidazole rings is 1. The van der Waals surface area contributed by atoms with Crippen LogP contribution in [0.15, 0.2) is 40.9 Å². The Hall–Kier alpha value is -2.82. The van der Waals surface area contributed by atoms with Crippen LogP contribution < -0.4 is 0 Å². The maximum absolute atomic E-state index is 12.6. The van der Waals surface area contributed by atoms with Crippen molar-refractivity contribution in [3.8, 4) is 0 Å². The molecule has 2 aromatic rings. The van der Waals surface area contributed by atoms with Crippen molar-refractivity contribution in [2.75, 3.05) is 0 Å². The second kappa shape index (κ2) is 5.09. The smallest absolute Gasteiger partial charge is 0.186 e. The van der Waals surface area contributed by atoms with Crippen LogP contribution in [-0.4, -0.2) is 33.3 Å². The molecule has 0 saturated heterocycles. The highest BCUT2D eigenvalue weighted by Gasteiger charge is 2.39. The summed E-state index contributed by atoms with van der Waals surface area (Å²) in [6, 6.07) is 9.93. The third kappa shape index (κ3) is 2.24. The average Bonchev–Trinajstić information content (AvgIpc) is 2.97. The van der Waals surface area contributed by atoms with Crippen molar-refractivity contribution in [2.45, 2.75) is 32.2 Å². The van der Waals surface area contributed by atoms with Crippen molar-refractivity contribution in [1.29, 1.82) is 0 Å². The summed E-state index contributed by atoms with van der Waals surface area (Å²) >= 11 is 0. The number of benzene rings is 1. The second-order valence-corrected chi connectivity index (χ2v) is 6.71. The number of aromatic nitrogens is 2. The van der Waals surface area contributed by atoms with E-state index >= 15 is 0 Å². The van der Waals surface area contributed by atoms with Gasteiger partial charge in [-0.2, -0.15) is 0 Å². The number of aliphatic imine (C=N–C) groups is 1. The number of carbonyl (C=O) groups excluding carboxylic acids is 2. The van der Waals surface area contributed by atoms with Gasteiger partial charge < -0.3 is 4.98 Å². The molecule has 1 aromatic carbocycles. The predicted molar refractivity (Wildman–Crippen MR) is 91.3 cm³/mol. The Labute approximate surface area is 139 Å². The normalized spacial score (nSPS) is 18.6. The number of rotatable bonds is 2. The molecule has 0 unspecified atom stereocenters. The van der Waals surface area contributed by atoms with Gasteiger partial charge in [0, 0.05) is 30.2 Å². The van der Waals surface area contributed by atoms with Gasteiger partial charge in [-0.15, -0.1) is 0 Å². The highest BCUT2D eigenvalue weighted by molar-refractivity contribution is 6.29. The number of hydrogen-bond donors (Lipinski definition) is 1. The van der Waals surface area contributed by atoms with Crippen LogP contribution in [0.1, 0.15) is 47.8 Å². The number of hydrogen-bond acceptors (Lipinski definition) is 4. The van der Waals surface area contributed by atoms with E-state index in [1.165, 1.54) is 0 Å². The van der Waals surface area contributed by atoms with Crippen LogP contribution in [0.2, 0.25) is 0 Å². The summed E-state index contributed by atoms with van der Waals surface area (Å²) in [6.45, 7) is 3.53. The maximum atomic E-state index is 12.6. The van der Waals surface area contributed by atoms with Crippen LogP contribution in [0, 0.1) is 0 Å². The van der Waals surface area contributed by atoms with Crippen molar-refractivity contribution >= 4 is 23.4 Å². The number of H-pyrrole nitrogens is 1. The lowest BCUT2D eigenvalue weighted by Crippen LogP contribution is -2.36. The molecule has 0 saturated carbocycles. The van der Waals surface area contributed by atoms with Crippen LogP contribution in [0.25, 0.3) is 5.57 Å². The molecule has 0 fully saturated rings. The lowest BCUT2D eigenvalue weighted by Gasteiger charge is -2.27. The molecule has 4 rings (SSSR count). The molecule has 0 amide bonds. The summed E-state index contributed by atoms with van der Waals surface area (Å²) in [5.41, 5.74) is 2.56. The third-order valence-electron chi connectivity index (χ3n) is 4.51. The minimum Gasteiger partial charge on any atom is -0.339 e. The largest absolute Gasteiger partial charge is 0.339 e. The van der Waals surface area contributed by atoms with Crippen molar-refractivity contribution in [3.05, 3.63) is 58.7 Å². The number of nitrogens with one attached hydrogen (secondary N) is 1. The molecule has 0 spiro atoms. The molecular formula is C19H17N3O2. The van der Waals surface area contributed by atoms with E-state index < -0.39 is 5.54 Å². The molecule has 2 heterocycles. The molecule has 5 heteroatoms. The summed E-state index contributed by atoms with van der Waals surface area (Å²) < 4.78 is 0. The van der Waals surface area contributed by atoms with Gasteiger partial charge >= 0.3 is 0 Å². The number of allylic oxidation sites excluding steroid dienone is 1. The highest BCUT2D eigenvalue weighted by atomic mass is 16.1. The van der Waals surface area contributed by atoms with E-state index in [0.29, 0.717) is 29.0 Å². The maximum Gasteiger partial charge on any atom is 0.186 e. The fraction of sp³-hybridized carbons (Fsp3) is 0.263. The van der Waals surface area contributed by atoms with Gasteiger partial charge in [0.15, 0.2) is 11.6 Å². The molecule has 1 aromatic heterocycles. The second-order valence-electron chi connectivity index (χ2n) is 6.71. The molecule has 5 nitrogen and oxygen atoms in total. The van der Waals surface area contributed by atoms with Gasteiger partial charge in [0.1, 0.15) is 22.8 Å². The zero-order valence-corrected chi connectivity index (χ0v) is 13.6. The van der Waals surface area contributed by atoms with Gasteiger partial charge in [-0.1, -0.05) is 30.3 Å². The Morgan fingerprint density at radius 2 is 1.92 bits per heavy atom. The Morgan fingerprint density at radius 3 is 2.67 bits per heavy atom. The fourth-order valence-corrected chi connectivity index (χ4v) is 3.17. The number of carbonyl (C=O) groups is 2. The fourth-order valence-electron chi connectivity index (χ4n) is 3.17. The summed E-state index contributed by atoms with van der Waals surface area (Å²) in [7, 11) is 0. The van der Waals surface area contributed by atoms with Crippen molar-refractivity contribution < 1.29 is 9.59 Å². The van der Waals surface area contributed by atoms with Gasteiger partial charge in [-0.25, -0.2) is 4.98 Å². The van der Waals surface area contributed by atoms with E-state index in [9.17, 15) is 9.59 Å². The van der Waals surface area contributed by atoms with Crippen LogP contribution in [0.5, 0.6) is 0 Å².